The Morgan fingerprint density at radius 2 is 1.95 bits per heavy atom. The Bertz CT molecular complexity index is 587. The van der Waals surface area contributed by atoms with Crippen molar-refractivity contribution >= 4 is 21.7 Å². The molecule has 0 bridgehead atoms. The first kappa shape index (κ1) is 13.7. The highest BCUT2D eigenvalue weighted by atomic mass is 79.9. The molecule has 0 aliphatic rings. The van der Waals surface area contributed by atoms with Crippen LogP contribution in [-0.2, 0) is 0 Å². The fourth-order valence-corrected chi connectivity index (χ4v) is 1.98. The quantitative estimate of drug-likeness (QED) is 0.931. The summed E-state index contributed by atoms with van der Waals surface area (Å²) in [6.45, 7) is 1.54. The molecular formula is C13H11BrF2N2O. The van der Waals surface area contributed by atoms with E-state index in [1.54, 1.807) is 13.0 Å². The molecule has 6 heteroatoms. The number of benzene rings is 1. The molecule has 1 aromatic carbocycles. The van der Waals surface area contributed by atoms with E-state index in [1.165, 1.54) is 24.4 Å². The summed E-state index contributed by atoms with van der Waals surface area (Å²) in [4.78, 5) is 3.89. The summed E-state index contributed by atoms with van der Waals surface area (Å²) in [6.07, 6.45) is 0.691. The molecule has 1 atom stereocenters. The lowest BCUT2D eigenvalue weighted by atomic mass is 10.1. The molecule has 3 nitrogen and oxygen atoms in total. The number of halogens is 3. The van der Waals surface area contributed by atoms with Crippen LogP contribution < -0.4 is 10.5 Å². The molecule has 0 fully saturated rings. The fourth-order valence-electron chi connectivity index (χ4n) is 1.67. The van der Waals surface area contributed by atoms with Crippen molar-refractivity contribution in [3.63, 3.8) is 0 Å². The van der Waals surface area contributed by atoms with E-state index in [-0.39, 0.29) is 17.1 Å². The van der Waals surface area contributed by atoms with Gasteiger partial charge in [0.1, 0.15) is 17.7 Å². The summed E-state index contributed by atoms with van der Waals surface area (Å²) in [7, 11) is 0. The summed E-state index contributed by atoms with van der Waals surface area (Å²) in [5.41, 5.74) is 5.51. The van der Waals surface area contributed by atoms with Gasteiger partial charge in [0, 0.05) is 10.7 Å². The second-order valence-corrected chi connectivity index (χ2v) is 4.85. The minimum atomic E-state index is -0.820. The molecule has 0 saturated heterocycles. The maximum absolute atomic E-state index is 13.6. The van der Waals surface area contributed by atoms with Crippen LogP contribution in [0.25, 0.3) is 0 Å². The number of ether oxygens (including phenoxy) is 1. The average Bonchev–Trinajstić information content (AvgIpc) is 2.33. The van der Waals surface area contributed by atoms with Crippen LogP contribution >= 0.6 is 15.9 Å². The van der Waals surface area contributed by atoms with Crippen LogP contribution in [-0.4, -0.2) is 4.98 Å². The Morgan fingerprint density at radius 3 is 2.58 bits per heavy atom. The number of hydrogen-bond donors (Lipinski definition) is 1. The van der Waals surface area contributed by atoms with Gasteiger partial charge in [-0.3, -0.25) is 0 Å². The van der Waals surface area contributed by atoms with E-state index in [2.05, 4.69) is 20.9 Å². The van der Waals surface area contributed by atoms with E-state index in [1.807, 2.05) is 0 Å². The van der Waals surface area contributed by atoms with Gasteiger partial charge in [-0.05, 0) is 41.1 Å². The second kappa shape index (κ2) is 5.52. The minimum absolute atomic E-state index is 0.137. The molecule has 0 aliphatic carbocycles. The Labute approximate surface area is 117 Å². The van der Waals surface area contributed by atoms with Crippen molar-refractivity contribution in [1.82, 2.24) is 4.98 Å². The molecule has 1 heterocycles. The molecular weight excluding hydrogens is 318 g/mol. The van der Waals surface area contributed by atoms with Crippen LogP contribution in [0.1, 0.15) is 18.6 Å². The van der Waals surface area contributed by atoms with E-state index in [0.717, 1.165) is 0 Å². The van der Waals surface area contributed by atoms with Gasteiger partial charge < -0.3 is 10.5 Å². The third kappa shape index (κ3) is 3.01. The van der Waals surface area contributed by atoms with Crippen molar-refractivity contribution in [2.24, 2.45) is 0 Å². The number of nitrogen functional groups attached to an aromatic ring is 1. The van der Waals surface area contributed by atoms with E-state index in [4.69, 9.17) is 10.5 Å². The van der Waals surface area contributed by atoms with Crippen LogP contribution in [0.3, 0.4) is 0 Å². The van der Waals surface area contributed by atoms with Gasteiger partial charge in [-0.15, -0.1) is 0 Å². The predicted octanol–water partition coefficient (Wildman–Crippen LogP) is 3.84. The van der Waals surface area contributed by atoms with Gasteiger partial charge in [-0.2, -0.15) is 0 Å². The highest BCUT2D eigenvalue weighted by Crippen LogP contribution is 2.30. The number of nitrogens with zero attached hydrogens (tertiary/aromatic N) is 1. The molecule has 2 aromatic rings. The standard InChI is InChI=1S/C13H11BrF2N2O/c1-7(12-9(15)3-2-4-10(12)16)19-11-5-8(14)6-18-13(11)17/h2-7H,1H3,(H2,17,18). The van der Waals surface area contributed by atoms with Crippen LogP contribution in [0, 0.1) is 11.6 Å². The molecule has 100 valence electrons. The van der Waals surface area contributed by atoms with Crippen LogP contribution in [0.2, 0.25) is 0 Å². The summed E-state index contributed by atoms with van der Waals surface area (Å²) < 4.78 is 33.4. The average molecular weight is 329 g/mol. The topological polar surface area (TPSA) is 48.1 Å². The Hall–Kier alpha value is -1.69. The first-order valence-electron chi connectivity index (χ1n) is 5.50. The molecule has 2 N–H and O–H groups in total. The van der Waals surface area contributed by atoms with E-state index in [9.17, 15) is 8.78 Å². The van der Waals surface area contributed by atoms with E-state index >= 15 is 0 Å². The number of aromatic nitrogens is 1. The van der Waals surface area contributed by atoms with Gasteiger partial charge in [0.25, 0.3) is 0 Å². The lowest BCUT2D eigenvalue weighted by Crippen LogP contribution is -2.09. The number of nitrogens with two attached hydrogens (primary N) is 1. The van der Waals surface area contributed by atoms with Crippen molar-refractivity contribution < 1.29 is 13.5 Å². The largest absolute Gasteiger partial charge is 0.482 e. The highest BCUT2D eigenvalue weighted by molar-refractivity contribution is 9.10. The lowest BCUT2D eigenvalue weighted by Gasteiger charge is -2.17. The van der Waals surface area contributed by atoms with Crippen LogP contribution in [0.15, 0.2) is 34.9 Å². The second-order valence-electron chi connectivity index (χ2n) is 3.93. The maximum Gasteiger partial charge on any atom is 0.166 e. The molecule has 1 aromatic heterocycles. The smallest absolute Gasteiger partial charge is 0.166 e. The summed E-state index contributed by atoms with van der Waals surface area (Å²) >= 11 is 3.23. The van der Waals surface area contributed by atoms with Gasteiger partial charge in [0.05, 0.1) is 5.56 Å². The fraction of sp³-hybridized carbons (Fsp3) is 0.154. The van der Waals surface area contributed by atoms with Gasteiger partial charge >= 0.3 is 0 Å². The zero-order valence-electron chi connectivity index (χ0n) is 10.0. The SMILES string of the molecule is CC(Oc1cc(Br)cnc1N)c1c(F)cccc1F. The molecule has 0 radical (unpaired) electrons. The van der Waals surface area contributed by atoms with Gasteiger partial charge in [0.15, 0.2) is 11.6 Å². The molecule has 19 heavy (non-hydrogen) atoms. The molecule has 0 saturated carbocycles. The minimum Gasteiger partial charge on any atom is -0.482 e. The maximum atomic E-state index is 13.6. The third-order valence-corrected chi connectivity index (χ3v) is 2.99. The van der Waals surface area contributed by atoms with Crippen LogP contribution in [0.5, 0.6) is 5.75 Å². The normalized spacial score (nSPS) is 12.2. The molecule has 0 aliphatic heterocycles. The summed E-state index contributed by atoms with van der Waals surface area (Å²) in [5, 5.41) is 0. The highest BCUT2D eigenvalue weighted by Gasteiger charge is 2.18. The van der Waals surface area contributed by atoms with Crippen molar-refractivity contribution in [3.8, 4) is 5.75 Å². The van der Waals surface area contributed by atoms with Crippen LogP contribution in [0.4, 0.5) is 14.6 Å². The van der Waals surface area contributed by atoms with Crippen molar-refractivity contribution in [3.05, 3.63) is 52.1 Å². The number of anilines is 1. The first-order chi connectivity index (χ1) is 8.99. The number of hydrogen-bond acceptors (Lipinski definition) is 3. The van der Waals surface area contributed by atoms with Gasteiger partial charge in [0.2, 0.25) is 0 Å². The Balaban J connectivity index is 2.31. The van der Waals surface area contributed by atoms with Gasteiger partial charge in [-0.1, -0.05) is 6.07 Å². The molecule has 0 amide bonds. The molecule has 2 rings (SSSR count). The number of pyridine rings is 1. The molecule has 1 unspecified atom stereocenters. The van der Waals surface area contributed by atoms with Gasteiger partial charge in [-0.25, -0.2) is 13.8 Å². The summed E-state index contributed by atoms with van der Waals surface area (Å²) in [5.74, 6) is -0.889. The zero-order valence-corrected chi connectivity index (χ0v) is 11.6. The zero-order chi connectivity index (χ0) is 14.0. The first-order valence-corrected chi connectivity index (χ1v) is 6.30. The third-order valence-electron chi connectivity index (χ3n) is 2.56. The summed E-state index contributed by atoms with van der Waals surface area (Å²) in [6, 6.07) is 5.26. The number of rotatable bonds is 3. The lowest BCUT2D eigenvalue weighted by molar-refractivity contribution is 0.216. The monoisotopic (exact) mass is 328 g/mol. The van der Waals surface area contributed by atoms with E-state index in [0.29, 0.717) is 4.47 Å². The predicted molar refractivity (Wildman–Crippen MR) is 71.8 cm³/mol. The Morgan fingerprint density at radius 1 is 1.32 bits per heavy atom. The van der Waals surface area contributed by atoms with Crippen molar-refractivity contribution in [2.75, 3.05) is 5.73 Å². The van der Waals surface area contributed by atoms with E-state index < -0.39 is 17.7 Å². The Kier molecular flexibility index (Phi) is 3.99. The van der Waals surface area contributed by atoms with Crippen molar-refractivity contribution in [1.29, 1.82) is 0 Å². The van der Waals surface area contributed by atoms with Crippen molar-refractivity contribution in [2.45, 2.75) is 13.0 Å². The molecule has 0 spiro atoms.